The summed E-state index contributed by atoms with van der Waals surface area (Å²) in [4.78, 5) is 95.5. The highest BCUT2D eigenvalue weighted by molar-refractivity contribution is 5.83. The quantitative estimate of drug-likeness (QED) is 0.0682. The third-order valence-electron chi connectivity index (χ3n) is 4.95. The summed E-state index contributed by atoms with van der Waals surface area (Å²) in [6, 6.07) is 0. The van der Waals surface area contributed by atoms with Crippen LogP contribution in [0.25, 0.3) is 0 Å². The normalized spacial score (nSPS) is 10.2. The molecule has 0 saturated heterocycles. The summed E-state index contributed by atoms with van der Waals surface area (Å²) < 4.78 is 40.0. The molecule has 0 unspecified atom stereocenters. The summed E-state index contributed by atoms with van der Waals surface area (Å²) in [6.07, 6.45) is 2.00. The average Bonchev–Trinajstić information content (AvgIpc) is 3.07. The van der Waals surface area contributed by atoms with Crippen LogP contribution in [-0.2, 0) is 66.7 Å². The summed E-state index contributed by atoms with van der Waals surface area (Å²) in [5, 5.41) is 4.17. The molecular formula is C29H34N2O16. The number of rotatable bonds is 22. The van der Waals surface area contributed by atoms with E-state index in [2.05, 4.69) is 50.1 Å². The Morgan fingerprint density at radius 1 is 0.404 bits per heavy atom. The fraction of sp³-hybridized carbons (Fsp3) is 0.310. The highest BCUT2D eigenvalue weighted by atomic mass is 16.7. The number of esters is 6. The van der Waals surface area contributed by atoms with Crippen LogP contribution in [0.2, 0.25) is 0 Å². The summed E-state index contributed by atoms with van der Waals surface area (Å²) >= 11 is 0. The molecule has 0 fully saturated rings. The van der Waals surface area contributed by atoms with Crippen molar-refractivity contribution >= 4 is 48.0 Å². The van der Waals surface area contributed by atoms with Crippen molar-refractivity contribution in [3.8, 4) is 0 Å². The highest BCUT2D eigenvalue weighted by Gasteiger charge is 2.41. The lowest BCUT2D eigenvalue weighted by Gasteiger charge is -2.32. The fourth-order valence-corrected chi connectivity index (χ4v) is 2.65. The minimum atomic E-state index is -2.13. The second kappa shape index (κ2) is 21.5. The first-order chi connectivity index (χ1) is 22.2. The van der Waals surface area contributed by atoms with E-state index in [9.17, 15) is 38.4 Å². The average molecular weight is 667 g/mol. The Morgan fingerprint density at radius 3 is 0.766 bits per heavy atom. The van der Waals surface area contributed by atoms with Crippen molar-refractivity contribution in [2.75, 3.05) is 46.3 Å². The second-order valence-electron chi connectivity index (χ2n) is 8.55. The van der Waals surface area contributed by atoms with E-state index in [1.807, 2.05) is 0 Å². The maximum absolute atomic E-state index is 12.7. The van der Waals surface area contributed by atoms with Crippen molar-refractivity contribution in [1.82, 2.24) is 10.6 Å². The summed E-state index contributed by atoms with van der Waals surface area (Å²) in [7, 11) is 0. The monoisotopic (exact) mass is 666 g/mol. The van der Waals surface area contributed by atoms with Crippen molar-refractivity contribution < 1.29 is 76.3 Å². The predicted molar refractivity (Wildman–Crippen MR) is 156 cm³/mol. The Kier molecular flexibility index (Phi) is 18.7. The number of ether oxygens (including phenoxy) is 8. The maximum atomic E-state index is 12.7. The molecule has 0 rings (SSSR count). The van der Waals surface area contributed by atoms with Crippen LogP contribution >= 0.6 is 0 Å². The molecule has 2 amide bonds. The molecule has 0 aromatic heterocycles. The van der Waals surface area contributed by atoms with E-state index in [1.54, 1.807) is 0 Å². The molecule has 47 heavy (non-hydrogen) atoms. The third-order valence-corrected chi connectivity index (χ3v) is 4.95. The zero-order valence-corrected chi connectivity index (χ0v) is 25.2. The Morgan fingerprint density at radius 2 is 0.596 bits per heavy atom. The number of hydrogen-bond donors (Lipinski definition) is 2. The van der Waals surface area contributed by atoms with E-state index >= 15 is 0 Å². The minimum Gasteiger partial charge on any atom is -0.458 e. The number of alkyl carbamates (subject to hydrolysis) is 2. The van der Waals surface area contributed by atoms with Crippen LogP contribution in [0.15, 0.2) is 75.9 Å². The molecule has 0 atom stereocenters. The van der Waals surface area contributed by atoms with E-state index in [0.29, 0.717) is 0 Å². The summed E-state index contributed by atoms with van der Waals surface area (Å²) in [6.45, 7) is 13.7. The molecule has 0 aliphatic carbocycles. The minimum absolute atomic E-state index is 0.750. The topological polar surface area (TPSA) is 234 Å². The fourth-order valence-electron chi connectivity index (χ4n) is 2.65. The maximum Gasteiger partial charge on any atom is 0.409 e. The molecule has 0 aromatic rings. The molecule has 2 N–H and O–H groups in total. The third kappa shape index (κ3) is 17.0. The van der Waals surface area contributed by atoms with Gasteiger partial charge in [-0.05, 0) is 0 Å². The van der Waals surface area contributed by atoms with E-state index in [4.69, 9.17) is 37.9 Å². The number of carbonyl (C=O) groups is 8. The van der Waals surface area contributed by atoms with Crippen LogP contribution < -0.4 is 10.6 Å². The zero-order chi connectivity index (χ0) is 35.9. The van der Waals surface area contributed by atoms with Gasteiger partial charge in [-0.3, -0.25) is 0 Å². The molecule has 0 aromatic carbocycles. The molecule has 0 aliphatic rings. The number of hydrogen-bond acceptors (Lipinski definition) is 16. The van der Waals surface area contributed by atoms with Crippen molar-refractivity contribution in [2.24, 2.45) is 0 Å². The van der Waals surface area contributed by atoms with Gasteiger partial charge < -0.3 is 48.5 Å². The second-order valence-corrected chi connectivity index (χ2v) is 8.55. The molecular weight excluding hydrogens is 632 g/mol. The highest BCUT2D eigenvalue weighted by Crippen LogP contribution is 2.17. The van der Waals surface area contributed by atoms with Crippen molar-refractivity contribution in [3.63, 3.8) is 0 Å². The van der Waals surface area contributed by atoms with E-state index in [1.165, 1.54) is 0 Å². The van der Waals surface area contributed by atoms with Gasteiger partial charge in [-0.2, -0.15) is 0 Å². The zero-order valence-electron chi connectivity index (χ0n) is 25.2. The number of carbonyl (C=O) groups excluding carboxylic acids is 8. The van der Waals surface area contributed by atoms with Gasteiger partial charge in [0.2, 0.25) is 11.2 Å². The summed E-state index contributed by atoms with van der Waals surface area (Å²) in [5.74, 6) is -5.87. The van der Waals surface area contributed by atoms with Crippen LogP contribution in [0.3, 0.4) is 0 Å². The van der Waals surface area contributed by atoms with E-state index in [0.717, 1.165) is 36.5 Å². The molecule has 0 bridgehead atoms. The Hall–Kier alpha value is -6.20. The first-order valence-electron chi connectivity index (χ1n) is 12.9. The lowest BCUT2D eigenvalue weighted by atomic mass is 10.1. The molecule has 18 heteroatoms. The molecule has 0 spiro atoms. The van der Waals surface area contributed by atoms with Gasteiger partial charge >= 0.3 is 48.0 Å². The van der Waals surface area contributed by atoms with Gasteiger partial charge in [0, 0.05) is 36.5 Å². The van der Waals surface area contributed by atoms with Crippen LogP contribution in [0, 0.1) is 0 Å². The van der Waals surface area contributed by atoms with E-state index < -0.39 is 106 Å². The van der Waals surface area contributed by atoms with Gasteiger partial charge in [-0.15, -0.1) is 0 Å². The molecule has 0 radical (unpaired) electrons. The molecule has 0 saturated carbocycles. The van der Waals surface area contributed by atoms with Crippen LogP contribution in [0.4, 0.5) is 9.59 Å². The summed E-state index contributed by atoms with van der Waals surface area (Å²) in [5.41, 5.74) is -4.26. The first kappa shape index (κ1) is 40.8. The standard InChI is InChI=1S/C29H34N2O16/c1-7-20(32)40-13-28(14-41-21(33)8-2,15-42-22(34)9-3)46-26(38)30-19-31-27(39)47-29(16-43-23(35)10-4,17-44-24(36)11-5)18-45-25(37)12-6/h7-12H,1-6,13-19H2,(H,30,38)(H,31,39). The van der Waals surface area contributed by atoms with Crippen LogP contribution in [-0.4, -0.2) is 106 Å². The van der Waals surface area contributed by atoms with Crippen molar-refractivity contribution in [2.45, 2.75) is 11.2 Å². The molecule has 0 heterocycles. The first-order valence-corrected chi connectivity index (χ1v) is 12.9. The van der Waals surface area contributed by atoms with Crippen molar-refractivity contribution in [3.05, 3.63) is 75.9 Å². The van der Waals surface area contributed by atoms with Gasteiger partial charge in [0.1, 0.15) is 39.6 Å². The lowest BCUT2D eigenvalue weighted by Crippen LogP contribution is -2.53. The SMILES string of the molecule is C=CC(=O)OCC(COC(=O)C=C)(COC(=O)C=C)OC(=O)NCNC(=O)OC(COC(=O)C=C)(COC(=O)C=C)COC(=O)C=C. The Labute approximate surface area is 268 Å². The van der Waals surface area contributed by atoms with E-state index in [-0.39, 0.29) is 0 Å². The van der Waals surface area contributed by atoms with Gasteiger partial charge in [0.25, 0.3) is 0 Å². The van der Waals surface area contributed by atoms with Crippen LogP contribution in [0.1, 0.15) is 0 Å². The molecule has 256 valence electrons. The van der Waals surface area contributed by atoms with Gasteiger partial charge in [0.15, 0.2) is 0 Å². The van der Waals surface area contributed by atoms with Crippen LogP contribution in [0.5, 0.6) is 0 Å². The lowest BCUT2D eigenvalue weighted by molar-refractivity contribution is -0.170. The largest absolute Gasteiger partial charge is 0.458 e. The number of amides is 2. The van der Waals surface area contributed by atoms with Crippen molar-refractivity contribution in [1.29, 1.82) is 0 Å². The van der Waals surface area contributed by atoms with Gasteiger partial charge in [-0.1, -0.05) is 39.5 Å². The predicted octanol–water partition coefficient (Wildman–Crippen LogP) is 0.249. The Balaban J connectivity index is 5.89. The number of nitrogens with one attached hydrogen (secondary N) is 2. The Bertz CT molecular complexity index is 1040. The van der Waals surface area contributed by atoms with Gasteiger partial charge in [-0.25, -0.2) is 38.4 Å². The smallest absolute Gasteiger partial charge is 0.409 e. The molecule has 18 nitrogen and oxygen atoms in total. The molecule has 0 aliphatic heterocycles. The van der Waals surface area contributed by atoms with Gasteiger partial charge in [0.05, 0.1) is 6.67 Å².